The zero-order chi connectivity index (χ0) is 19.8. The van der Waals surface area contributed by atoms with Crippen LogP contribution in [-0.4, -0.2) is 9.38 Å². The van der Waals surface area contributed by atoms with Crippen molar-refractivity contribution in [1.82, 2.24) is 9.38 Å². The SMILES string of the molecule is C=CCc1c(C)c(C#N)c2nc3ccccc3n2c1Nc1ccc(C)c(C)c1. The van der Waals surface area contributed by atoms with Crippen molar-refractivity contribution in [2.75, 3.05) is 5.32 Å². The van der Waals surface area contributed by atoms with E-state index < -0.39 is 0 Å². The number of pyridine rings is 1. The standard InChI is InChI=1S/C24H22N4/c1-5-8-19-17(4)20(14-25)24-27-21-9-6-7-10-22(21)28(24)23(19)26-18-12-11-15(2)16(3)13-18/h5-7,9-13,26H,1,8H2,2-4H3. The van der Waals surface area contributed by atoms with Gasteiger partial charge in [0.25, 0.3) is 0 Å². The Morgan fingerprint density at radius 2 is 1.93 bits per heavy atom. The van der Waals surface area contributed by atoms with E-state index >= 15 is 0 Å². The molecule has 2 heterocycles. The molecule has 0 aliphatic rings. The predicted molar refractivity (Wildman–Crippen MR) is 115 cm³/mol. The maximum atomic E-state index is 9.83. The van der Waals surface area contributed by atoms with Gasteiger partial charge in [-0.15, -0.1) is 6.58 Å². The quantitative estimate of drug-likeness (QED) is 0.467. The Kier molecular flexibility index (Phi) is 4.37. The third-order valence-corrected chi connectivity index (χ3v) is 5.35. The minimum Gasteiger partial charge on any atom is -0.341 e. The van der Waals surface area contributed by atoms with Crippen LogP contribution < -0.4 is 5.32 Å². The molecule has 2 aromatic heterocycles. The highest BCUT2D eigenvalue weighted by molar-refractivity contribution is 5.87. The second-order valence-corrected chi connectivity index (χ2v) is 7.12. The maximum Gasteiger partial charge on any atom is 0.157 e. The smallest absolute Gasteiger partial charge is 0.157 e. The van der Waals surface area contributed by atoms with Crippen LogP contribution in [0.2, 0.25) is 0 Å². The maximum absolute atomic E-state index is 9.83. The number of nitriles is 1. The van der Waals surface area contributed by atoms with Gasteiger partial charge in [-0.25, -0.2) is 4.98 Å². The molecule has 0 bridgehead atoms. The number of hydrogen-bond donors (Lipinski definition) is 1. The van der Waals surface area contributed by atoms with Gasteiger partial charge in [-0.3, -0.25) is 4.40 Å². The first kappa shape index (κ1) is 17.8. The van der Waals surface area contributed by atoms with E-state index in [-0.39, 0.29) is 0 Å². The van der Waals surface area contributed by atoms with E-state index in [1.54, 1.807) is 0 Å². The fraction of sp³-hybridized carbons (Fsp3) is 0.167. The third-order valence-electron chi connectivity index (χ3n) is 5.35. The molecule has 0 aliphatic carbocycles. The van der Waals surface area contributed by atoms with Gasteiger partial charge in [-0.05, 0) is 68.1 Å². The average Bonchev–Trinajstić information content (AvgIpc) is 3.07. The van der Waals surface area contributed by atoms with Crippen LogP contribution in [0.4, 0.5) is 11.5 Å². The number of allylic oxidation sites excluding steroid dienone is 1. The summed E-state index contributed by atoms with van der Waals surface area (Å²) < 4.78 is 2.06. The number of nitrogens with one attached hydrogen (secondary N) is 1. The van der Waals surface area contributed by atoms with Crippen LogP contribution in [0.15, 0.2) is 55.1 Å². The van der Waals surface area contributed by atoms with Gasteiger partial charge >= 0.3 is 0 Å². The molecule has 0 amide bonds. The monoisotopic (exact) mass is 366 g/mol. The molecule has 0 fully saturated rings. The van der Waals surface area contributed by atoms with Crippen molar-refractivity contribution in [3.63, 3.8) is 0 Å². The molecule has 1 N–H and O–H groups in total. The summed E-state index contributed by atoms with van der Waals surface area (Å²) in [6.45, 7) is 10.1. The van der Waals surface area contributed by atoms with Crippen molar-refractivity contribution in [2.45, 2.75) is 27.2 Å². The van der Waals surface area contributed by atoms with E-state index in [0.717, 1.165) is 33.7 Å². The van der Waals surface area contributed by atoms with Crippen LogP contribution in [-0.2, 0) is 6.42 Å². The molecule has 0 spiro atoms. The Bertz CT molecular complexity index is 1270. The van der Waals surface area contributed by atoms with Gasteiger partial charge in [0.1, 0.15) is 11.9 Å². The van der Waals surface area contributed by atoms with Crippen LogP contribution in [0.3, 0.4) is 0 Å². The molecule has 0 radical (unpaired) electrons. The minimum atomic E-state index is 0.610. The van der Waals surface area contributed by atoms with Crippen molar-refractivity contribution in [1.29, 1.82) is 5.26 Å². The summed E-state index contributed by atoms with van der Waals surface area (Å²) >= 11 is 0. The highest BCUT2D eigenvalue weighted by Crippen LogP contribution is 2.33. The Balaban J connectivity index is 2.09. The summed E-state index contributed by atoms with van der Waals surface area (Å²) in [5, 5.41) is 13.4. The van der Waals surface area contributed by atoms with Crippen LogP contribution >= 0.6 is 0 Å². The molecular formula is C24H22N4. The van der Waals surface area contributed by atoms with Crippen molar-refractivity contribution in [3.05, 3.63) is 82.9 Å². The summed E-state index contributed by atoms with van der Waals surface area (Å²) in [5.41, 5.74) is 8.63. The number of rotatable bonds is 4. The summed E-state index contributed by atoms with van der Waals surface area (Å²) in [6, 6.07) is 16.7. The van der Waals surface area contributed by atoms with Gasteiger partial charge in [0.15, 0.2) is 5.65 Å². The molecule has 0 saturated carbocycles. The number of hydrogen-bond acceptors (Lipinski definition) is 3. The largest absolute Gasteiger partial charge is 0.341 e. The highest BCUT2D eigenvalue weighted by atomic mass is 15.1. The Labute approximate surface area is 164 Å². The van der Waals surface area contributed by atoms with Gasteiger partial charge in [0, 0.05) is 11.3 Å². The Morgan fingerprint density at radius 3 is 2.64 bits per heavy atom. The molecule has 0 atom stereocenters. The number of imidazole rings is 1. The lowest BCUT2D eigenvalue weighted by molar-refractivity contribution is 1.11. The first-order chi connectivity index (χ1) is 13.5. The first-order valence-electron chi connectivity index (χ1n) is 9.33. The van der Waals surface area contributed by atoms with Gasteiger partial charge in [-0.1, -0.05) is 24.3 Å². The van der Waals surface area contributed by atoms with Gasteiger partial charge in [0.05, 0.1) is 16.6 Å². The molecule has 0 aliphatic heterocycles. The first-order valence-corrected chi connectivity index (χ1v) is 9.33. The predicted octanol–water partition coefficient (Wildman–Crippen LogP) is 5.76. The minimum absolute atomic E-state index is 0.610. The second kappa shape index (κ2) is 6.86. The lowest BCUT2D eigenvalue weighted by Crippen LogP contribution is -2.08. The number of benzene rings is 2. The van der Waals surface area contributed by atoms with Crippen molar-refractivity contribution in [3.8, 4) is 6.07 Å². The molecule has 4 rings (SSSR count). The number of aromatic nitrogens is 2. The summed E-state index contributed by atoms with van der Waals surface area (Å²) in [4.78, 5) is 4.76. The number of para-hydroxylation sites is 2. The summed E-state index contributed by atoms with van der Waals surface area (Å²) in [6.07, 6.45) is 2.54. The molecular weight excluding hydrogens is 344 g/mol. The molecule has 0 saturated heterocycles. The van der Waals surface area contributed by atoms with E-state index in [1.807, 2.05) is 37.3 Å². The van der Waals surface area contributed by atoms with Crippen LogP contribution in [0.5, 0.6) is 0 Å². The third kappa shape index (κ3) is 2.73. The molecule has 28 heavy (non-hydrogen) atoms. The van der Waals surface area contributed by atoms with Gasteiger partial charge in [0.2, 0.25) is 0 Å². The van der Waals surface area contributed by atoms with Crippen molar-refractivity contribution in [2.24, 2.45) is 0 Å². The fourth-order valence-electron chi connectivity index (χ4n) is 3.67. The molecule has 4 heteroatoms. The van der Waals surface area contributed by atoms with E-state index in [9.17, 15) is 5.26 Å². The molecule has 0 unspecified atom stereocenters. The summed E-state index contributed by atoms with van der Waals surface area (Å²) in [5.74, 6) is 0.934. The lowest BCUT2D eigenvalue weighted by Gasteiger charge is -2.18. The molecule has 4 aromatic rings. The number of anilines is 2. The zero-order valence-electron chi connectivity index (χ0n) is 16.4. The van der Waals surface area contributed by atoms with Crippen molar-refractivity contribution < 1.29 is 0 Å². The van der Waals surface area contributed by atoms with Gasteiger partial charge in [-0.2, -0.15) is 5.26 Å². The Hall–Kier alpha value is -3.58. The van der Waals surface area contributed by atoms with E-state index in [1.165, 1.54) is 11.1 Å². The fourth-order valence-corrected chi connectivity index (χ4v) is 3.67. The molecule has 138 valence electrons. The van der Waals surface area contributed by atoms with E-state index in [2.05, 4.69) is 54.4 Å². The summed E-state index contributed by atoms with van der Waals surface area (Å²) in [7, 11) is 0. The lowest BCUT2D eigenvalue weighted by atomic mass is 10.0. The average molecular weight is 366 g/mol. The van der Waals surface area contributed by atoms with E-state index in [4.69, 9.17) is 4.98 Å². The topological polar surface area (TPSA) is 53.1 Å². The normalized spacial score (nSPS) is 10.9. The second-order valence-electron chi connectivity index (χ2n) is 7.12. The number of nitrogens with zero attached hydrogens (tertiary/aromatic N) is 3. The van der Waals surface area contributed by atoms with Gasteiger partial charge < -0.3 is 5.32 Å². The molecule has 2 aromatic carbocycles. The van der Waals surface area contributed by atoms with Crippen molar-refractivity contribution >= 4 is 28.2 Å². The van der Waals surface area contributed by atoms with Crippen LogP contribution in [0, 0.1) is 32.1 Å². The van der Waals surface area contributed by atoms with Crippen LogP contribution in [0.1, 0.15) is 27.8 Å². The van der Waals surface area contributed by atoms with E-state index in [0.29, 0.717) is 17.6 Å². The number of aryl methyl sites for hydroxylation is 2. The number of fused-ring (bicyclic) bond motifs is 3. The van der Waals surface area contributed by atoms with Crippen LogP contribution in [0.25, 0.3) is 16.7 Å². The highest BCUT2D eigenvalue weighted by Gasteiger charge is 2.20. The Morgan fingerprint density at radius 1 is 1.14 bits per heavy atom. The molecule has 4 nitrogen and oxygen atoms in total. The zero-order valence-corrected chi connectivity index (χ0v) is 16.4.